The molecule has 1 N–H and O–H groups in total. The number of nitrogens with zero attached hydrogens (tertiary/aromatic N) is 1. The van der Waals surface area contributed by atoms with Gasteiger partial charge in [0, 0.05) is 37.1 Å². The monoisotopic (exact) mass is 300 g/mol. The minimum atomic E-state index is -2.76. The van der Waals surface area contributed by atoms with E-state index in [0.29, 0.717) is 11.5 Å². The summed E-state index contributed by atoms with van der Waals surface area (Å²) in [4.78, 5) is 3.98. The van der Waals surface area contributed by atoms with Crippen molar-refractivity contribution in [1.29, 1.82) is 0 Å². The molecule has 19 heavy (non-hydrogen) atoms. The number of hydrogen-bond donors (Lipinski definition) is 1. The smallest absolute Gasteiger partial charge is 0.151 e. The van der Waals surface area contributed by atoms with Gasteiger partial charge in [0.2, 0.25) is 0 Å². The van der Waals surface area contributed by atoms with Gasteiger partial charge in [0.25, 0.3) is 0 Å². The molecule has 2 aliphatic heterocycles. The van der Waals surface area contributed by atoms with Crippen molar-refractivity contribution < 1.29 is 8.42 Å². The second-order valence-corrected chi connectivity index (χ2v) is 8.68. The van der Waals surface area contributed by atoms with Gasteiger partial charge in [0.1, 0.15) is 0 Å². The summed E-state index contributed by atoms with van der Waals surface area (Å²) in [6, 6.07) is 2.40. The van der Waals surface area contributed by atoms with Crippen LogP contribution in [0.5, 0.6) is 0 Å². The molecule has 1 fully saturated rings. The highest BCUT2D eigenvalue weighted by Crippen LogP contribution is 2.23. The number of thiophene rings is 1. The van der Waals surface area contributed by atoms with Crippen LogP contribution in [0.3, 0.4) is 0 Å². The summed E-state index contributed by atoms with van der Waals surface area (Å²) in [6.45, 7) is 4.06. The Balaban J connectivity index is 1.42. The molecule has 4 nitrogen and oxygen atoms in total. The number of rotatable bonds is 4. The van der Waals surface area contributed by atoms with Gasteiger partial charge in [0.05, 0.1) is 11.5 Å². The number of hydrogen-bond acceptors (Lipinski definition) is 5. The molecule has 0 amide bonds. The maximum Gasteiger partial charge on any atom is 0.151 e. The fourth-order valence-corrected chi connectivity index (χ4v) is 5.48. The first-order chi connectivity index (χ1) is 9.12. The maximum absolute atomic E-state index is 11.4. The Morgan fingerprint density at radius 2 is 2.37 bits per heavy atom. The van der Waals surface area contributed by atoms with Gasteiger partial charge in [-0.1, -0.05) is 0 Å². The molecule has 6 heteroatoms. The summed E-state index contributed by atoms with van der Waals surface area (Å²) in [5, 5.41) is 5.56. The average Bonchev–Trinajstić information content (AvgIpc) is 2.95. The summed E-state index contributed by atoms with van der Waals surface area (Å²) >= 11 is 1.86. The van der Waals surface area contributed by atoms with Crippen LogP contribution >= 0.6 is 11.3 Å². The predicted molar refractivity (Wildman–Crippen MR) is 78.4 cm³/mol. The Morgan fingerprint density at radius 3 is 3.16 bits per heavy atom. The van der Waals surface area contributed by atoms with Gasteiger partial charge in [-0.25, -0.2) is 8.42 Å². The van der Waals surface area contributed by atoms with Crippen molar-refractivity contribution in [3.63, 3.8) is 0 Å². The van der Waals surface area contributed by atoms with Crippen LogP contribution in [-0.4, -0.2) is 50.5 Å². The van der Waals surface area contributed by atoms with Gasteiger partial charge in [-0.15, -0.1) is 11.3 Å². The highest BCUT2D eigenvalue weighted by atomic mass is 32.2. The molecule has 106 valence electrons. The molecule has 0 aliphatic carbocycles. The topological polar surface area (TPSA) is 49.4 Å². The lowest BCUT2D eigenvalue weighted by atomic mass is 10.1. The lowest BCUT2D eigenvalue weighted by Gasteiger charge is -2.27. The Hall–Kier alpha value is -0.430. The zero-order valence-corrected chi connectivity index (χ0v) is 12.6. The molecule has 3 heterocycles. The number of fused-ring (bicyclic) bond motifs is 1. The maximum atomic E-state index is 11.4. The number of sulfone groups is 1. The molecule has 1 atom stereocenters. The largest absolute Gasteiger partial charge is 0.312 e. The fourth-order valence-electron chi connectivity index (χ4n) is 2.88. The van der Waals surface area contributed by atoms with Crippen LogP contribution in [0.2, 0.25) is 0 Å². The van der Waals surface area contributed by atoms with Gasteiger partial charge in [-0.3, -0.25) is 4.90 Å². The SMILES string of the molecule is O=S1(=O)CCC(NCCN2CCc3sccc3C2)C1. The lowest BCUT2D eigenvalue weighted by Crippen LogP contribution is -2.39. The summed E-state index contributed by atoms with van der Waals surface area (Å²) in [5.74, 6) is 0.675. The third-order valence-corrected chi connectivity index (χ3v) is 6.77. The van der Waals surface area contributed by atoms with Crippen molar-refractivity contribution >= 4 is 21.2 Å². The quantitative estimate of drug-likeness (QED) is 0.897. The van der Waals surface area contributed by atoms with Gasteiger partial charge in [0.15, 0.2) is 9.84 Å². The predicted octanol–water partition coefficient (Wildman–Crippen LogP) is 0.883. The van der Waals surface area contributed by atoms with E-state index in [4.69, 9.17) is 0 Å². The third kappa shape index (κ3) is 3.37. The van der Waals surface area contributed by atoms with Gasteiger partial charge >= 0.3 is 0 Å². The fraction of sp³-hybridized carbons (Fsp3) is 0.692. The highest BCUT2D eigenvalue weighted by Gasteiger charge is 2.27. The van der Waals surface area contributed by atoms with Gasteiger partial charge in [-0.05, 0) is 29.9 Å². The first-order valence-corrected chi connectivity index (χ1v) is 9.54. The van der Waals surface area contributed by atoms with E-state index in [9.17, 15) is 8.42 Å². The third-order valence-electron chi connectivity index (χ3n) is 3.98. The van der Waals surface area contributed by atoms with E-state index in [1.165, 1.54) is 10.4 Å². The first kappa shape index (κ1) is 13.5. The molecule has 0 saturated carbocycles. The van der Waals surface area contributed by atoms with E-state index >= 15 is 0 Å². The molecule has 1 unspecified atom stereocenters. The van der Waals surface area contributed by atoms with Crippen LogP contribution in [0, 0.1) is 0 Å². The van der Waals surface area contributed by atoms with E-state index in [1.54, 1.807) is 0 Å². The van der Waals surface area contributed by atoms with Crippen molar-refractivity contribution in [1.82, 2.24) is 10.2 Å². The molecule has 0 spiro atoms. The zero-order valence-electron chi connectivity index (χ0n) is 11.0. The molecule has 0 radical (unpaired) electrons. The summed E-state index contributed by atoms with van der Waals surface area (Å²) < 4.78 is 22.7. The average molecular weight is 300 g/mol. The molecule has 0 aromatic carbocycles. The summed E-state index contributed by atoms with van der Waals surface area (Å²) in [5.41, 5.74) is 1.47. The minimum absolute atomic E-state index is 0.173. The summed E-state index contributed by atoms with van der Waals surface area (Å²) in [7, 11) is -2.76. The molecule has 1 aromatic heterocycles. The van der Waals surface area contributed by atoms with Crippen LogP contribution < -0.4 is 5.32 Å². The minimum Gasteiger partial charge on any atom is -0.312 e. The summed E-state index contributed by atoms with van der Waals surface area (Å²) in [6.07, 6.45) is 1.93. The Kier molecular flexibility index (Phi) is 3.93. The van der Waals surface area contributed by atoms with E-state index in [2.05, 4.69) is 21.7 Å². The van der Waals surface area contributed by atoms with Crippen molar-refractivity contribution in [3.05, 3.63) is 21.9 Å². The second-order valence-electron chi connectivity index (χ2n) is 5.45. The van der Waals surface area contributed by atoms with Crippen LogP contribution in [0.1, 0.15) is 16.9 Å². The molecule has 3 rings (SSSR count). The van der Waals surface area contributed by atoms with Crippen LogP contribution in [0.15, 0.2) is 11.4 Å². The van der Waals surface area contributed by atoms with Crippen molar-refractivity contribution in [2.45, 2.75) is 25.4 Å². The highest BCUT2D eigenvalue weighted by molar-refractivity contribution is 7.91. The van der Waals surface area contributed by atoms with Crippen LogP contribution in [-0.2, 0) is 22.8 Å². The number of nitrogens with one attached hydrogen (secondary N) is 1. The van der Waals surface area contributed by atoms with Crippen molar-refractivity contribution in [2.75, 3.05) is 31.1 Å². The molecule has 1 aromatic rings. The van der Waals surface area contributed by atoms with E-state index in [1.807, 2.05) is 11.3 Å². The van der Waals surface area contributed by atoms with E-state index in [0.717, 1.165) is 39.0 Å². The zero-order chi connectivity index (χ0) is 13.3. The normalized spacial score (nSPS) is 26.4. The Labute approximate surface area is 118 Å². The Bertz CT molecular complexity index is 539. The van der Waals surface area contributed by atoms with E-state index in [-0.39, 0.29) is 6.04 Å². The van der Waals surface area contributed by atoms with Gasteiger partial charge < -0.3 is 5.32 Å². The molecular weight excluding hydrogens is 280 g/mol. The second kappa shape index (κ2) is 5.52. The van der Waals surface area contributed by atoms with Crippen molar-refractivity contribution in [3.8, 4) is 0 Å². The standard InChI is InChI=1S/C13H20N2O2S2/c16-19(17)8-3-12(10-19)14-4-6-15-5-1-13-11(9-15)2-7-18-13/h2,7,12,14H,1,3-6,8-10H2. The van der Waals surface area contributed by atoms with Crippen molar-refractivity contribution in [2.24, 2.45) is 0 Å². The first-order valence-electron chi connectivity index (χ1n) is 6.84. The molecule has 0 bridgehead atoms. The van der Waals surface area contributed by atoms with Crippen LogP contribution in [0.25, 0.3) is 0 Å². The molecule has 1 saturated heterocycles. The van der Waals surface area contributed by atoms with Crippen LogP contribution in [0.4, 0.5) is 0 Å². The van der Waals surface area contributed by atoms with Gasteiger partial charge in [-0.2, -0.15) is 0 Å². The lowest BCUT2D eigenvalue weighted by molar-refractivity contribution is 0.253. The molecular formula is C13H20N2O2S2. The molecule has 2 aliphatic rings. The Morgan fingerprint density at radius 1 is 1.47 bits per heavy atom. The van der Waals surface area contributed by atoms with E-state index < -0.39 is 9.84 Å².